The van der Waals surface area contributed by atoms with E-state index < -0.39 is 37.5 Å². The molecular weight excluding hydrogens is 598 g/mol. The van der Waals surface area contributed by atoms with Crippen molar-refractivity contribution >= 4 is 49.6 Å². The van der Waals surface area contributed by atoms with Crippen LogP contribution < -0.4 is 0 Å². The van der Waals surface area contributed by atoms with E-state index in [1.54, 1.807) is 51.4 Å². The average Bonchev–Trinajstić information content (AvgIpc) is 3.45. The van der Waals surface area contributed by atoms with Crippen molar-refractivity contribution in [2.45, 2.75) is 113 Å². The molecule has 6 heteroatoms. The zero-order valence-electron chi connectivity index (χ0n) is 20.9. The van der Waals surface area contributed by atoms with E-state index in [9.17, 15) is 0 Å². The van der Waals surface area contributed by atoms with E-state index in [2.05, 4.69) is 35.9 Å². The number of fused-ring (bicyclic) bond motifs is 2. The SMILES string of the molecule is CCCCC1CCC([SiH](C)[SiH](C)C2CCC3C(Br)C4CCCC4CC32)C1.[CH3-].[CH3-].[Cl][Zr+2][Cl]. The molecule has 0 nitrogen and oxygen atoms in total. The number of hydrogen-bond acceptors (Lipinski definition) is 0. The molecule has 0 aromatic heterocycles. The molecular formula is C25H49BrCl2Si2Zr. The molecule has 4 saturated carbocycles. The second-order valence-corrected chi connectivity index (χ2v) is 27.3. The molecule has 4 aliphatic carbocycles. The molecule has 0 aromatic rings. The summed E-state index contributed by atoms with van der Waals surface area (Å²) in [5, 5.41) is 0. The Labute approximate surface area is 226 Å². The summed E-state index contributed by atoms with van der Waals surface area (Å²) >= 11 is 3.42. The van der Waals surface area contributed by atoms with Crippen molar-refractivity contribution in [2.75, 3.05) is 0 Å². The fraction of sp³-hybridized carbons (Fsp3) is 0.920. The molecule has 10 unspecified atom stereocenters. The number of alkyl halides is 1. The summed E-state index contributed by atoms with van der Waals surface area (Å²) in [5.41, 5.74) is 2.47. The van der Waals surface area contributed by atoms with E-state index in [0.717, 1.165) is 34.4 Å². The van der Waals surface area contributed by atoms with Crippen LogP contribution in [0, 0.1) is 44.4 Å². The van der Waals surface area contributed by atoms with E-state index in [1.165, 1.54) is 36.8 Å². The Morgan fingerprint density at radius 2 is 1.58 bits per heavy atom. The van der Waals surface area contributed by atoms with Crippen molar-refractivity contribution in [3.8, 4) is 0 Å². The normalized spacial score (nSPS) is 40.2. The molecule has 0 radical (unpaired) electrons. The zero-order chi connectivity index (χ0) is 21.0. The fourth-order valence-electron chi connectivity index (χ4n) is 8.14. The van der Waals surface area contributed by atoms with Gasteiger partial charge in [-0.05, 0) is 54.4 Å². The topological polar surface area (TPSA) is 0 Å². The molecule has 4 aliphatic rings. The van der Waals surface area contributed by atoms with Gasteiger partial charge in [0.05, 0.1) is 0 Å². The van der Waals surface area contributed by atoms with E-state index in [4.69, 9.17) is 17.0 Å². The molecule has 0 heterocycles. The monoisotopic (exact) mass is 644 g/mol. The van der Waals surface area contributed by atoms with E-state index in [-0.39, 0.29) is 14.9 Å². The van der Waals surface area contributed by atoms with E-state index in [1.807, 2.05) is 0 Å². The van der Waals surface area contributed by atoms with Gasteiger partial charge in [0, 0.05) is 21.5 Å². The van der Waals surface area contributed by atoms with Gasteiger partial charge in [-0.2, -0.15) is 0 Å². The van der Waals surface area contributed by atoms with Gasteiger partial charge in [-0.1, -0.05) is 99.3 Å². The van der Waals surface area contributed by atoms with Gasteiger partial charge in [-0.15, -0.1) is 0 Å². The third-order valence-corrected chi connectivity index (χ3v) is 25.2. The maximum absolute atomic E-state index is 4.93. The second kappa shape index (κ2) is 15.5. The summed E-state index contributed by atoms with van der Waals surface area (Å²) in [6, 6.07) is 0. The number of hydrogen-bond donors (Lipinski definition) is 0. The van der Waals surface area contributed by atoms with Crippen LogP contribution in [0.25, 0.3) is 0 Å². The molecule has 0 bridgehead atoms. The molecule has 0 aliphatic heterocycles. The van der Waals surface area contributed by atoms with Gasteiger partial charge in [0.15, 0.2) is 0 Å². The minimum atomic E-state index is -0.826. The van der Waals surface area contributed by atoms with Crippen LogP contribution in [0.2, 0.25) is 24.2 Å². The Morgan fingerprint density at radius 3 is 2.26 bits per heavy atom. The van der Waals surface area contributed by atoms with Crippen molar-refractivity contribution in [2.24, 2.45) is 29.6 Å². The molecule has 0 spiro atoms. The van der Waals surface area contributed by atoms with Crippen molar-refractivity contribution in [1.82, 2.24) is 0 Å². The molecule has 4 fully saturated rings. The van der Waals surface area contributed by atoms with Gasteiger partial charge in [-0.25, -0.2) is 0 Å². The van der Waals surface area contributed by atoms with Gasteiger partial charge < -0.3 is 14.9 Å². The van der Waals surface area contributed by atoms with Crippen molar-refractivity contribution in [3.63, 3.8) is 0 Å². The standard InChI is InChI=1S/C23H43BrSi2.2CH3.2ClH.Zr/c1-4-5-7-16-10-11-18(14-16)25(2)26(3)22-13-12-20-21(22)15-17-8-6-9-19(17)23(20)24;;;;;/h16-23,25-26H,4-15H2,1-3H3;2*1H3;2*1H;/q;2*-1;;;+4/p-2. The van der Waals surface area contributed by atoms with Crippen LogP contribution in [0.15, 0.2) is 0 Å². The molecule has 182 valence electrons. The zero-order valence-corrected chi connectivity index (χ0v) is 28.8. The maximum atomic E-state index is 4.93. The molecule has 10 atom stereocenters. The summed E-state index contributed by atoms with van der Waals surface area (Å²) in [4.78, 5) is 0.891. The van der Waals surface area contributed by atoms with Crippen molar-refractivity contribution < 1.29 is 20.8 Å². The predicted octanol–water partition coefficient (Wildman–Crippen LogP) is 9.40. The van der Waals surface area contributed by atoms with Crippen LogP contribution in [0.1, 0.15) is 84.0 Å². The third kappa shape index (κ3) is 7.68. The van der Waals surface area contributed by atoms with Gasteiger partial charge in [-0.3, -0.25) is 0 Å². The summed E-state index contributed by atoms with van der Waals surface area (Å²) in [6.45, 7) is 8.06. The van der Waals surface area contributed by atoms with Gasteiger partial charge in [0.2, 0.25) is 0 Å². The Balaban J connectivity index is 0.000000910. The van der Waals surface area contributed by atoms with Crippen LogP contribution in [-0.2, 0) is 20.8 Å². The molecule has 0 saturated heterocycles. The summed E-state index contributed by atoms with van der Waals surface area (Å²) in [7, 11) is 8.90. The van der Waals surface area contributed by atoms with Crippen LogP contribution in [-0.4, -0.2) is 21.5 Å². The summed E-state index contributed by atoms with van der Waals surface area (Å²) in [6.07, 6.45) is 18.8. The van der Waals surface area contributed by atoms with Crippen LogP contribution in [0.3, 0.4) is 0 Å². The predicted molar refractivity (Wildman–Crippen MR) is 149 cm³/mol. The number of rotatable bonds is 6. The average molecular weight is 648 g/mol. The molecule has 0 N–H and O–H groups in total. The Hall–Kier alpha value is 2.38. The first-order valence-electron chi connectivity index (χ1n) is 12.6. The molecule has 31 heavy (non-hydrogen) atoms. The van der Waals surface area contributed by atoms with Crippen LogP contribution in [0.5, 0.6) is 0 Å². The fourth-order valence-corrected chi connectivity index (χ4v) is 22.0. The Morgan fingerprint density at radius 1 is 0.871 bits per heavy atom. The number of halogens is 3. The van der Waals surface area contributed by atoms with Gasteiger partial charge >= 0.3 is 37.9 Å². The van der Waals surface area contributed by atoms with Crippen LogP contribution >= 0.6 is 33.0 Å². The quantitative estimate of drug-likeness (QED) is 0.153. The summed E-state index contributed by atoms with van der Waals surface area (Å²) < 4.78 is 0. The second-order valence-electron chi connectivity index (χ2n) is 11.0. The summed E-state index contributed by atoms with van der Waals surface area (Å²) in [5.74, 6) is 5.48. The first-order chi connectivity index (χ1) is 14.0. The Bertz CT molecular complexity index is 500. The van der Waals surface area contributed by atoms with Gasteiger partial charge in [0.25, 0.3) is 0 Å². The number of unbranched alkanes of at least 4 members (excludes halogenated alkanes) is 1. The van der Waals surface area contributed by atoms with Gasteiger partial charge in [0.1, 0.15) is 0 Å². The third-order valence-electron chi connectivity index (χ3n) is 9.84. The minimum absolute atomic E-state index is 0. The van der Waals surface area contributed by atoms with Crippen molar-refractivity contribution in [3.05, 3.63) is 14.9 Å². The molecule has 0 aromatic carbocycles. The first kappa shape index (κ1) is 31.4. The molecule has 4 rings (SSSR count). The molecule has 0 amide bonds. The van der Waals surface area contributed by atoms with Crippen LogP contribution in [0.4, 0.5) is 0 Å². The van der Waals surface area contributed by atoms with E-state index >= 15 is 0 Å². The van der Waals surface area contributed by atoms with Crippen molar-refractivity contribution in [1.29, 1.82) is 0 Å². The first-order valence-corrected chi connectivity index (χ1v) is 26.2. The Kier molecular flexibility index (Phi) is 15.7. The van der Waals surface area contributed by atoms with E-state index in [0.29, 0.717) is 0 Å².